The minimum Gasteiger partial charge on any atom is -0.383 e. The van der Waals surface area contributed by atoms with Gasteiger partial charge in [0.1, 0.15) is 23.0 Å². The summed E-state index contributed by atoms with van der Waals surface area (Å²) in [5.74, 6) is 0.198. The molecule has 134 valence electrons. The highest BCUT2D eigenvalue weighted by Crippen LogP contribution is 2.31. The van der Waals surface area contributed by atoms with E-state index >= 15 is 0 Å². The highest BCUT2D eigenvalue weighted by molar-refractivity contribution is 5.84. The fourth-order valence-electron chi connectivity index (χ4n) is 3.13. The van der Waals surface area contributed by atoms with Crippen LogP contribution in [0.1, 0.15) is 18.9 Å². The summed E-state index contributed by atoms with van der Waals surface area (Å²) in [4.78, 5) is 4.43. The zero-order chi connectivity index (χ0) is 19.0. The first kappa shape index (κ1) is 16.7. The Bertz CT molecular complexity index is 1180. The van der Waals surface area contributed by atoms with E-state index in [1.54, 1.807) is 10.9 Å². The topological polar surface area (TPSA) is 111 Å². The van der Waals surface area contributed by atoms with Gasteiger partial charge in [-0.05, 0) is 24.6 Å². The molecule has 0 bridgehead atoms. The Morgan fingerprint density at radius 1 is 1.22 bits per heavy atom. The van der Waals surface area contributed by atoms with Gasteiger partial charge in [0.15, 0.2) is 0 Å². The molecule has 2 N–H and O–H groups in total. The molecule has 0 fully saturated rings. The Hall–Kier alpha value is -3.73. The lowest BCUT2D eigenvalue weighted by atomic mass is 10.0. The van der Waals surface area contributed by atoms with E-state index in [-0.39, 0.29) is 5.82 Å². The number of rotatable bonds is 4. The maximum atomic E-state index is 9.51. The summed E-state index contributed by atoms with van der Waals surface area (Å²) >= 11 is 0. The third kappa shape index (κ3) is 2.89. The molecule has 0 aliphatic rings. The smallest absolute Gasteiger partial charge is 0.142 e. The van der Waals surface area contributed by atoms with Crippen molar-refractivity contribution in [3.05, 3.63) is 42.2 Å². The van der Waals surface area contributed by atoms with Crippen molar-refractivity contribution in [2.45, 2.75) is 19.9 Å². The van der Waals surface area contributed by atoms with Crippen molar-refractivity contribution in [3.8, 4) is 28.5 Å². The molecule has 0 aliphatic carbocycles. The standard InChI is InChI=1S/C19H18N8/c1-3-6-27-18-5-4-12(7-17(18)24-25-27)16-8-14(13-10-22-26(2)11-13)15(9-20)19(21)23-16/h4-5,7-8,10-11H,3,6H2,1-2H3,(H2,21,23). The molecule has 0 radical (unpaired) electrons. The van der Waals surface area contributed by atoms with Gasteiger partial charge < -0.3 is 5.73 Å². The van der Waals surface area contributed by atoms with Gasteiger partial charge >= 0.3 is 0 Å². The van der Waals surface area contributed by atoms with E-state index < -0.39 is 0 Å². The van der Waals surface area contributed by atoms with Crippen LogP contribution in [0.4, 0.5) is 5.82 Å². The van der Waals surface area contributed by atoms with Crippen molar-refractivity contribution < 1.29 is 0 Å². The molecule has 0 saturated carbocycles. The van der Waals surface area contributed by atoms with E-state index in [2.05, 4.69) is 33.4 Å². The van der Waals surface area contributed by atoms with Crippen LogP contribution < -0.4 is 5.73 Å². The van der Waals surface area contributed by atoms with Crippen LogP contribution in [-0.4, -0.2) is 29.8 Å². The summed E-state index contributed by atoms with van der Waals surface area (Å²) in [6.45, 7) is 2.92. The minimum atomic E-state index is 0.198. The SMILES string of the molecule is CCCn1nnc2cc(-c3cc(-c4cnn(C)c4)c(C#N)c(N)n3)ccc21. The number of nitrogens with zero attached hydrogens (tertiary/aromatic N) is 7. The Balaban J connectivity index is 1.86. The third-order valence-electron chi connectivity index (χ3n) is 4.42. The lowest BCUT2D eigenvalue weighted by Gasteiger charge is -2.09. The maximum absolute atomic E-state index is 9.51. The average molecular weight is 358 g/mol. The fourth-order valence-corrected chi connectivity index (χ4v) is 3.13. The van der Waals surface area contributed by atoms with Gasteiger partial charge in [-0.1, -0.05) is 18.2 Å². The predicted molar refractivity (Wildman–Crippen MR) is 102 cm³/mol. The lowest BCUT2D eigenvalue weighted by molar-refractivity contribution is 0.596. The van der Waals surface area contributed by atoms with Gasteiger partial charge in [0.2, 0.25) is 0 Å². The molecule has 3 aromatic heterocycles. The monoisotopic (exact) mass is 358 g/mol. The number of benzene rings is 1. The van der Waals surface area contributed by atoms with Gasteiger partial charge in [-0.15, -0.1) is 5.10 Å². The number of anilines is 1. The number of pyridine rings is 1. The Morgan fingerprint density at radius 2 is 2.07 bits per heavy atom. The van der Waals surface area contributed by atoms with E-state index in [1.165, 1.54) is 0 Å². The van der Waals surface area contributed by atoms with Crippen LogP contribution in [0.15, 0.2) is 36.7 Å². The van der Waals surface area contributed by atoms with Gasteiger partial charge in [-0.2, -0.15) is 10.4 Å². The van der Waals surface area contributed by atoms with Crippen molar-refractivity contribution in [1.29, 1.82) is 5.26 Å². The van der Waals surface area contributed by atoms with Crippen molar-refractivity contribution in [3.63, 3.8) is 0 Å². The summed E-state index contributed by atoms with van der Waals surface area (Å²) in [5, 5.41) is 22.1. The van der Waals surface area contributed by atoms with E-state index in [4.69, 9.17) is 5.73 Å². The predicted octanol–water partition coefficient (Wildman–Crippen LogP) is 2.76. The van der Waals surface area contributed by atoms with Crippen LogP contribution in [0, 0.1) is 11.3 Å². The Labute approximate surface area is 155 Å². The maximum Gasteiger partial charge on any atom is 0.142 e. The van der Waals surface area contributed by atoms with Crippen LogP contribution >= 0.6 is 0 Å². The number of nitrogen functional groups attached to an aromatic ring is 1. The molecular weight excluding hydrogens is 340 g/mol. The molecule has 1 aromatic carbocycles. The summed E-state index contributed by atoms with van der Waals surface area (Å²) in [5.41, 5.74) is 11.3. The first-order chi connectivity index (χ1) is 13.1. The molecular formula is C19H18N8. The third-order valence-corrected chi connectivity index (χ3v) is 4.42. The largest absolute Gasteiger partial charge is 0.383 e. The number of fused-ring (bicyclic) bond motifs is 1. The van der Waals surface area contributed by atoms with Crippen LogP contribution in [0.5, 0.6) is 0 Å². The Kier molecular flexibility index (Phi) is 4.05. The molecule has 8 nitrogen and oxygen atoms in total. The van der Waals surface area contributed by atoms with E-state index in [9.17, 15) is 5.26 Å². The highest BCUT2D eigenvalue weighted by atomic mass is 15.4. The molecule has 0 spiro atoms. The number of aryl methyl sites for hydroxylation is 2. The fraction of sp³-hybridized carbons (Fsp3) is 0.211. The molecule has 0 atom stereocenters. The minimum absolute atomic E-state index is 0.198. The summed E-state index contributed by atoms with van der Waals surface area (Å²) in [6, 6.07) is 9.91. The van der Waals surface area contributed by atoms with Gasteiger partial charge in [0.05, 0.1) is 17.4 Å². The summed E-state index contributed by atoms with van der Waals surface area (Å²) in [7, 11) is 1.83. The molecule has 0 saturated heterocycles. The number of nitriles is 1. The van der Waals surface area contributed by atoms with Crippen LogP contribution in [-0.2, 0) is 13.6 Å². The number of aromatic nitrogens is 6. The zero-order valence-electron chi connectivity index (χ0n) is 15.1. The number of hydrogen-bond donors (Lipinski definition) is 1. The van der Waals surface area contributed by atoms with E-state index in [1.807, 2.05) is 42.2 Å². The molecule has 0 unspecified atom stereocenters. The molecule has 27 heavy (non-hydrogen) atoms. The van der Waals surface area contributed by atoms with Crippen molar-refractivity contribution in [2.24, 2.45) is 7.05 Å². The van der Waals surface area contributed by atoms with Gasteiger partial charge in [0, 0.05) is 36.5 Å². The number of hydrogen-bond acceptors (Lipinski definition) is 6. The molecule has 0 amide bonds. The normalized spacial score (nSPS) is 11.0. The zero-order valence-corrected chi connectivity index (χ0v) is 15.1. The highest BCUT2D eigenvalue weighted by Gasteiger charge is 2.15. The summed E-state index contributed by atoms with van der Waals surface area (Å²) in [6.07, 6.45) is 4.54. The number of nitrogens with two attached hydrogens (primary N) is 1. The van der Waals surface area contributed by atoms with Gasteiger partial charge in [0.25, 0.3) is 0 Å². The molecule has 4 aromatic rings. The van der Waals surface area contributed by atoms with Crippen LogP contribution in [0.3, 0.4) is 0 Å². The Morgan fingerprint density at radius 3 is 2.78 bits per heavy atom. The van der Waals surface area contributed by atoms with Crippen molar-refractivity contribution in [2.75, 3.05) is 5.73 Å². The van der Waals surface area contributed by atoms with E-state index in [0.717, 1.165) is 35.1 Å². The van der Waals surface area contributed by atoms with Crippen molar-refractivity contribution in [1.82, 2.24) is 29.8 Å². The molecule has 4 rings (SSSR count). The first-order valence-corrected chi connectivity index (χ1v) is 8.64. The van der Waals surface area contributed by atoms with Crippen LogP contribution in [0.2, 0.25) is 0 Å². The second-order valence-corrected chi connectivity index (χ2v) is 6.35. The van der Waals surface area contributed by atoms with Crippen molar-refractivity contribution >= 4 is 16.9 Å². The first-order valence-electron chi connectivity index (χ1n) is 8.64. The van der Waals surface area contributed by atoms with Gasteiger partial charge in [-0.3, -0.25) is 4.68 Å². The molecule has 8 heteroatoms. The second kappa shape index (κ2) is 6.53. The van der Waals surface area contributed by atoms with Crippen LogP contribution in [0.25, 0.3) is 33.4 Å². The van der Waals surface area contributed by atoms with E-state index in [0.29, 0.717) is 16.8 Å². The average Bonchev–Trinajstić information content (AvgIpc) is 3.27. The molecule has 3 heterocycles. The molecule has 0 aliphatic heterocycles. The second-order valence-electron chi connectivity index (χ2n) is 6.35. The summed E-state index contributed by atoms with van der Waals surface area (Å²) < 4.78 is 3.58. The van der Waals surface area contributed by atoms with Gasteiger partial charge in [-0.25, -0.2) is 9.67 Å². The lowest BCUT2D eigenvalue weighted by Crippen LogP contribution is -2.00. The quantitative estimate of drug-likeness (QED) is 0.600.